The summed E-state index contributed by atoms with van der Waals surface area (Å²) in [6, 6.07) is 9.10. The topological polar surface area (TPSA) is 87.7 Å². The lowest BCUT2D eigenvalue weighted by Gasteiger charge is -2.40. The first-order valence-corrected chi connectivity index (χ1v) is 15.3. The van der Waals surface area contributed by atoms with Gasteiger partial charge in [-0.1, -0.05) is 75.2 Å². The zero-order valence-corrected chi connectivity index (χ0v) is 28.0. The van der Waals surface area contributed by atoms with Gasteiger partial charge in [0, 0.05) is 6.04 Å². The highest BCUT2D eigenvalue weighted by Gasteiger charge is 2.40. The Morgan fingerprint density at radius 1 is 0.929 bits per heavy atom. The van der Waals surface area contributed by atoms with E-state index >= 15 is 0 Å². The van der Waals surface area contributed by atoms with E-state index in [1.54, 1.807) is 31.7 Å². The molecule has 0 aliphatic heterocycles. The van der Waals surface area contributed by atoms with Crippen LogP contribution in [-0.2, 0) is 14.3 Å². The second kappa shape index (κ2) is 14.9. The first-order valence-electron chi connectivity index (χ1n) is 14.9. The molecule has 0 aliphatic rings. The number of hydrogen-bond donors (Lipinski definition) is 2. The van der Waals surface area contributed by atoms with Crippen LogP contribution in [0.15, 0.2) is 36.4 Å². The summed E-state index contributed by atoms with van der Waals surface area (Å²) in [5.41, 5.74) is 3.25. The number of rotatable bonds is 11. The van der Waals surface area contributed by atoms with Gasteiger partial charge in [-0.2, -0.15) is 0 Å². The van der Waals surface area contributed by atoms with Crippen molar-refractivity contribution in [1.29, 1.82) is 0 Å². The number of nitrogens with one attached hydrogen (secondary N) is 2. The zero-order chi connectivity index (χ0) is 31.9. The molecule has 232 valence electrons. The van der Waals surface area contributed by atoms with Crippen molar-refractivity contribution >= 4 is 35.2 Å². The second-order valence-corrected chi connectivity index (χ2v) is 13.5. The summed E-state index contributed by atoms with van der Waals surface area (Å²) in [7, 11) is 0. The Labute approximate surface area is 257 Å². The first kappa shape index (κ1) is 35.1. The fourth-order valence-corrected chi connectivity index (χ4v) is 5.22. The largest absolute Gasteiger partial charge is 0.444 e. The van der Waals surface area contributed by atoms with Gasteiger partial charge in [-0.3, -0.25) is 9.59 Å². The standard InChI is InChI=1S/C34H50ClN3O4/c1-20(2)15-17-25(8)38(32(40)28(21(3)4)37-33(41)42-34(9,10)11)30(26-18-16-22(5)19-24(26)7)31(39)36-29-23(6)13-12-14-27(29)35/h12-14,16,18-21,25,28,30H,15,17H2,1-11H3,(H,36,39)(H,37,41). The molecule has 2 rings (SSSR count). The van der Waals surface area contributed by atoms with Crippen molar-refractivity contribution in [3.05, 3.63) is 63.7 Å². The highest BCUT2D eigenvalue weighted by Crippen LogP contribution is 2.33. The molecular weight excluding hydrogens is 550 g/mol. The number of aryl methyl sites for hydroxylation is 3. The van der Waals surface area contributed by atoms with E-state index in [0.29, 0.717) is 28.6 Å². The molecule has 3 amide bonds. The SMILES string of the molecule is Cc1ccc(C(C(=O)Nc2c(C)cccc2Cl)N(C(=O)C(NC(=O)OC(C)(C)C)C(C)C)C(C)CCC(C)C)c(C)c1. The van der Waals surface area contributed by atoms with Crippen molar-refractivity contribution in [2.45, 2.75) is 113 Å². The third-order valence-corrected chi connectivity index (χ3v) is 7.53. The van der Waals surface area contributed by atoms with E-state index in [2.05, 4.69) is 24.5 Å². The minimum Gasteiger partial charge on any atom is -0.444 e. The Morgan fingerprint density at radius 3 is 2.10 bits per heavy atom. The molecule has 0 aliphatic carbocycles. The zero-order valence-electron chi connectivity index (χ0n) is 27.2. The molecule has 0 spiro atoms. The van der Waals surface area contributed by atoms with Gasteiger partial charge in [0.15, 0.2) is 0 Å². The lowest BCUT2D eigenvalue weighted by Crippen LogP contribution is -2.56. The van der Waals surface area contributed by atoms with Crippen molar-refractivity contribution in [2.24, 2.45) is 11.8 Å². The molecule has 0 fully saturated rings. The Bertz CT molecular complexity index is 1230. The molecular formula is C34H50ClN3O4. The second-order valence-electron chi connectivity index (χ2n) is 13.1. The summed E-state index contributed by atoms with van der Waals surface area (Å²) < 4.78 is 5.50. The van der Waals surface area contributed by atoms with E-state index in [0.717, 1.165) is 23.1 Å². The predicted molar refractivity (Wildman–Crippen MR) is 172 cm³/mol. The van der Waals surface area contributed by atoms with Gasteiger partial charge in [-0.25, -0.2) is 4.79 Å². The number of anilines is 1. The Morgan fingerprint density at radius 2 is 1.57 bits per heavy atom. The van der Waals surface area contributed by atoms with Crippen LogP contribution in [0.3, 0.4) is 0 Å². The maximum atomic E-state index is 14.6. The summed E-state index contributed by atoms with van der Waals surface area (Å²) in [6.45, 7) is 21.1. The minimum absolute atomic E-state index is 0.265. The monoisotopic (exact) mass is 599 g/mol. The Balaban J connectivity index is 2.71. The predicted octanol–water partition coefficient (Wildman–Crippen LogP) is 8.15. The third kappa shape index (κ3) is 9.75. The lowest BCUT2D eigenvalue weighted by atomic mass is 9.92. The van der Waals surface area contributed by atoms with Gasteiger partial charge in [0.25, 0.3) is 5.91 Å². The number of benzene rings is 2. The summed E-state index contributed by atoms with van der Waals surface area (Å²) in [4.78, 5) is 43.5. The normalized spacial score (nSPS) is 13.9. The van der Waals surface area contributed by atoms with Gasteiger partial charge >= 0.3 is 6.09 Å². The number of carbonyl (C=O) groups is 3. The first-order chi connectivity index (χ1) is 19.4. The fourth-order valence-electron chi connectivity index (χ4n) is 4.95. The summed E-state index contributed by atoms with van der Waals surface area (Å²) in [6.07, 6.45) is 0.866. The Kier molecular flexibility index (Phi) is 12.5. The van der Waals surface area contributed by atoms with E-state index in [4.69, 9.17) is 16.3 Å². The van der Waals surface area contributed by atoms with Crippen LogP contribution in [0.4, 0.5) is 10.5 Å². The number of hydrogen-bond acceptors (Lipinski definition) is 4. The summed E-state index contributed by atoms with van der Waals surface area (Å²) in [5.74, 6) is -0.575. The molecule has 7 nitrogen and oxygen atoms in total. The molecule has 0 heterocycles. The average Bonchev–Trinajstić information content (AvgIpc) is 2.85. The van der Waals surface area contributed by atoms with Crippen molar-refractivity contribution in [3.63, 3.8) is 0 Å². The number of amides is 3. The number of ether oxygens (including phenoxy) is 1. The van der Waals surface area contributed by atoms with Crippen LogP contribution >= 0.6 is 11.6 Å². The molecule has 2 N–H and O–H groups in total. The average molecular weight is 600 g/mol. The summed E-state index contributed by atoms with van der Waals surface area (Å²) >= 11 is 6.51. The molecule has 2 aromatic rings. The lowest BCUT2D eigenvalue weighted by molar-refractivity contribution is -0.144. The van der Waals surface area contributed by atoms with Gasteiger partial charge < -0.3 is 20.3 Å². The van der Waals surface area contributed by atoms with Gasteiger partial charge in [-0.15, -0.1) is 0 Å². The molecule has 0 bridgehead atoms. The molecule has 8 heteroatoms. The Hall–Kier alpha value is -3.06. The molecule has 0 radical (unpaired) electrons. The number of para-hydroxylation sites is 1. The van der Waals surface area contributed by atoms with Crippen molar-refractivity contribution < 1.29 is 19.1 Å². The summed E-state index contributed by atoms with van der Waals surface area (Å²) in [5, 5.41) is 6.26. The van der Waals surface area contributed by atoms with E-state index < -0.39 is 23.8 Å². The molecule has 3 unspecified atom stereocenters. The van der Waals surface area contributed by atoms with E-state index in [-0.39, 0.29) is 23.8 Å². The molecule has 3 atom stereocenters. The highest BCUT2D eigenvalue weighted by atomic mass is 35.5. The van der Waals surface area contributed by atoms with Crippen molar-refractivity contribution in [2.75, 3.05) is 5.32 Å². The number of halogens is 1. The number of alkyl carbamates (subject to hydrolysis) is 1. The maximum Gasteiger partial charge on any atom is 0.408 e. The maximum absolute atomic E-state index is 14.6. The van der Waals surface area contributed by atoms with Crippen LogP contribution in [0, 0.1) is 32.6 Å². The van der Waals surface area contributed by atoms with Gasteiger partial charge in [-0.05, 0) is 95.9 Å². The van der Waals surface area contributed by atoms with Gasteiger partial charge in [0.1, 0.15) is 17.7 Å². The number of carbonyl (C=O) groups excluding carboxylic acids is 3. The van der Waals surface area contributed by atoms with Crippen LogP contribution in [0.2, 0.25) is 5.02 Å². The van der Waals surface area contributed by atoms with E-state index in [9.17, 15) is 14.4 Å². The fraction of sp³-hybridized carbons (Fsp3) is 0.559. The molecule has 0 saturated heterocycles. The van der Waals surface area contributed by atoms with Crippen LogP contribution in [0.1, 0.15) is 96.5 Å². The van der Waals surface area contributed by atoms with Gasteiger partial charge in [0.2, 0.25) is 5.91 Å². The van der Waals surface area contributed by atoms with Crippen molar-refractivity contribution in [1.82, 2.24) is 10.2 Å². The van der Waals surface area contributed by atoms with E-state index in [1.165, 1.54) is 0 Å². The van der Waals surface area contributed by atoms with E-state index in [1.807, 2.05) is 71.9 Å². The quantitative estimate of drug-likeness (QED) is 0.273. The smallest absolute Gasteiger partial charge is 0.408 e. The van der Waals surface area contributed by atoms with Crippen LogP contribution in [0.25, 0.3) is 0 Å². The molecule has 0 saturated carbocycles. The highest BCUT2D eigenvalue weighted by molar-refractivity contribution is 6.34. The van der Waals surface area contributed by atoms with Crippen LogP contribution in [-0.4, -0.2) is 40.5 Å². The molecule has 42 heavy (non-hydrogen) atoms. The minimum atomic E-state index is -0.974. The van der Waals surface area contributed by atoms with Crippen LogP contribution in [0.5, 0.6) is 0 Å². The van der Waals surface area contributed by atoms with Gasteiger partial charge in [0.05, 0.1) is 10.7 Å². The van der Waals surface area contributed by atoms with Crippen LogP contribution < -0.4 is 10.6 Å². The molecule has 2 aromatic carbocycles. The molecule has 0 aromatic heterocycles. The third-order valence-electron chi connectivity index (χ3n) is 7.21. The number of nitrogens with zero attached hydrogens (tertiary/aromatic N) is 1. The van der Waals surface area contributed by atoms with Crippen molar-refractivity contribution in [3.8, 4) is 0 Å².